The number of methoxy groups -OCH3 is 1. The Hall–Kier alpha value is -2.89. The van der Waals surface area contributed by atoms with Crippen molar-refractivity contribution in [1.82, 2.24) is 5.32 Å². The molecular weight excluding hydrogens is 323 g/mol. The van der Waals surface area contributed by atoms with Gasteiger partial charge < -0.3 is 15.4 Å². The van der Waals surface area contributed by atoms with Crippen molar-refractivity contribution in [2.75, 3.05) is 19.0 Å². The first-order valence-electron chi connectivity index (χ1n) is 7.95. The Bertz CT molecular complexity index is 775. The molecule has 0 fully saturated rings. The number of hydrogen-bond donors (Lipinski definition) is 2. The lowest BCUT2D eigenvalue weighted by Crippen LogP contribution is -2.28. The molecule has 0 bridgehead atoms. The van der Waals surface area contributed by atoms with E-state index in [9.17, 15) is 14.0 Å². The van der Waals surface area contributed by atoms with E-state index in [0.29, 0.717) is 23.7 Å². The SMILES string of the molecule is COc1cccc(F)c1C(=O)Nc1ccccc1C(=O)NCC(C)C. The Labute approximate surface area is 146 Å². The summed E-state index contributed by atoms with van der Waals surface area (Å²) in [4.78, 5) is 24.8. The number of hydrogen-bond acceptors (Lipinski definition) is 3. The molecule has 5 nitrogen and oxygen atoms in total. The topological polar surface area (TPSA) is 67.4 Å². The van der Waals surface area contributed by atoms with E-state index >= 15 is 0 Å². The summed E-state index contributed by atoms with van der Waals surface area (Å²) in [6, 6.07) is 10.7. The van der Waals surface area contributed by atoms with Crippen molar-refractivity contribution in [3.05, 3.63) is 59.4 Å². The minimum absolute atomic E-state index is 0.124. The molecule has 0 saturated heterocycles. The largest absolute Gasteiger partial charge is 0.496 e. The molecule has 25 heavy (non-hydrogen) atoms. The Balaban J connectivity index is 2.27. The zero-order chi connectivity index (χ0) is 18.4. The number of para-hydroxylation sites is 1. The molecule has 0 radical (unpaired) electrons. The monoisotopic (exact) mass is 344 g/mol. The van der Waals surface area contributed by atoms with Gasteiger partial charge in [0.2, 0.25) is 0 Å². The van der Waals surface area contributed by atoms with Gasteiger partial charge in [-0.05, 0) is 30.2 Å². The van der Waals surface area contributed by atoms with E-state index in [-0.39, 0.29) is 17.2 Å². The minimum atomic E-state index is -0.696. The van der Waals surface area contributed by atoms with Crippen molar-refractivity contribution >= 4 is 17.5 Å². The van der Waals surface area contributed by atoms with Crippen molar-refractivity contribution in [2.45, 2.75) is 13.8 Å². The van der Waals surface area contributed by atoms with E-state index in [2.05, 4.69) is 10.6 Å². The lowest BCUT2D eigenvalue weighted by Gasteiger charge is -2.14. The molecule has 0 heterocycles. The van der Waals surface area contributed by atoms with Crippen LogP contribution in [-0.2, 0) is 0 Å². The highest BCUT2D eigenvalue weighted by Crippen LogP contribution is 2.23. The molecule has 2 rings (SSSR count). The van der Waals surface area contributed by atoms with Crippen LogP contribution in [0.2, 0.25) is 0 Å². The van der Waals surface area contributed by atoms with Gasteiger partial charge in [-0.3, -0.25) is 9.59 Å². The second kappa shape index (κ2) is 8.28. The van der Waals surface area contributed by atoms with Crippen molar-refractivity contribution < 1.29 is 18.7 Å². The summed E-state index contributed by atoms with van der Waals surface area (Å²) in [5.74, 6) is -1.25. The van der Waals surface area contributed by atoms with Crippen molar-refractivity contribution in [3.8, 4) is 5.75 Å². The van der Waals surface area contributed by atoms with Crippen molar-refractivity contribution in [2.24, 2.45) is 5.92 Å². The highest BCUT2D eigenvalue weighted by molar-refractivity contribution is 6.10. The lowest BCUT2D eigenvalue weighted by molar-refractivity contribution is 0.0950. The van der Waals surface area contributed by atoms with Gasteiger partial charge in [0.15, 0.2) is 0 Å². The quantitative estimate of drug-likeness (QED) is 0.843. The molecule has 0 aliphatic heterocycles. The lowest BCUT2D eigenvalue weighted by atomic mass is 10.1. The Morgan fingerprint density at radius 3 is 2.48 bits per heavy atom. The first-order valence-corrected chi connectivity index (χ1v) is 7.95. The highest BCUT2D eigenvalue weighted by atomic mass is 19.1. The van der Waals surface area contributed by atoms with Crippen LogP contribution in [0.15, 0.2) is 42.5 Å². The summed E-state index contributed by atoms with van der Waals surface area (Å²) in [6.45, 7) is 4.49. The smallest absolute Gasteiger partial charge is 0.262 e. The summed E-state index contributed by atoms with van der Waals surface area (Å²) in [5, 5.41) is 5.39. The number of halogens is 1. The fraction of sp³-hybridized carbons (Fsp3) is 0.263. The molecule has 0 aliphatic carbocycles. The van der Waals surface area contributed by atoms with Crippen molar-refractivity contribution in [3.63, 3.8) is 0 Å². The number of nitrogens with one attached hydrogen (secondary N) is 2. The maximum absolute atomic E-state index is 14.0. The summed E-state index contributed by atoms with van der Waals surface area (Å²) in [6.07, 6.45) is 0. The predicted molar refractivity (Wildman–Crippen MR) is 94.5 cm³/mol. The fourth-order valence-corrected chi connectivity index (χ4v) is 2.26. The van der Waals surface area contributed by atoms with Gasteiger partial charge in [0.1, 0.15) is 17.1 Å². The number of rotatable bonds is 6. The molecule has 0 atom stereocenters. The van der Waals surface area contributed by atoms with Gasteiger partial charge in [-0.25, -0.2) is 4.39 Å². The van der Waals surface area contributed by atoms with Gasteiger partial charge in [0.25, 0.3) is 11.8 Å². The number of ether oxygens (including phenoxy) is 1. The van der Waals surface area contributed by atoms with Gasteiger partial charge in [-0.2, -0.15) is 0 Å². The van der Waals surface area contributed by atoms with Gasteiger partial charge >= 0.3 is 0 Å². The number of amides is 2. The average molecular weight is 344 g/mol. The maximum Gasteiger partial charge on any atom is 0.262 e. The minimum Gasteiger partial charge on any atom is -0.496 e. The van der Waals surface area contributed by atoms with Gasteiger partial charge in [0, 0.05) is 6.54 Å². The van der Waals surface area contributed by atoms with E-state index in [1.165, 1.54) is 25.3 Å². The van der Waals surface area contributed by atoms with Crippen LogP contribution in [0.5, 0.6) is 5.75 Å². The standard InChI is InChI=1S/C19H21FN2O3/c1-12(2)11-21-18(23)13-7-4-5-9-15(13)22-19(24)17-14(20)8-6-10-16(17)25-3/h4-10,12H,11H2,1-3H3,(H,21,23)(H,22,24). The molecule has 0 aliphatic rings. The molecular formula is C19H21FN2O3. The van der Waals surface area contributed by atoms with Crippen LogP contribution in [-0.4, -0.2) is 25.5 Å². The van der Waals surface area contributed by atoms with Crippen molar-refractivity contribution in [1.29, 1.82) is 0 Å². The predicted octanol–water partition coefficient (Wildman–Crippen LogP) is 3.47. The van der Waals surface area contributed by atoms with E-state index < -0.39 is 11.7 Å². The molecule has 2 aromatic carbocycles. The molecule has 2 amide bonds. The first kappa shape index (κ1) is 18.4. The van der Waals surface area contributed by atoms with Crippen LogP contribution in [0.4, 0.5) is 10.1 Å². The van der Waals surface area contributed by atoms with E-state index in [0.717, 1.165) is 0 Å². The van der Waals surface area contributed by atoms with E-state index in [1.807, 2.05) is 13.8 Å². The molecule has 0 spiro atoms. The zero-order valence-corrected chi connectivity index (χ0v) is 14.4. The molecule has 6 heteroatoms. The van der Waals surface area contributed by atoms with Crippen LogP contribution < -0.4 is 15.4 Å². The summed E-state index contributed by atoms with van der Waals surface area (Å²) in [7, 11) is 1.36. The Morgan fingerprint density at radius 2 is 1.80 bits per heavy atom. The summed E-state index contributed by atoms with van der Waals surface area (Å²) >= 11 is 0. The number of carbonyl (C=O) groups excluding carboxylic acids is 2. The third-order valence-electron chi connectivity index (χ3n) is 3.51. The second-order valence-corrected chi connectivity index (χ2v) is 5.92. The van der Waals surface area contributed by atoms with Crippen LogP contribution in [0.25, 0.3) is 0 Å². The molecule has 0 saturated carbocycles. The highest BCUT2D eigenvalue weighted by Gasteiger charge is 2.20. The van der Waals surface area contributed by atoms with Gasteiger partial charge in [-0.1, -0.05) is 32.0 Å². The van der Waals surface area contributed by atoms with Gasteiger partial charge in [0.05, 0.1) is 18.4 Å². The van der Waals surface area contributed by atoms with Crippen LogP contribution in [0, 0.1) is 11.7 Å². The molecule has 0 unspecified atom stereocenters. The maximum atomic E-state index is 14.0. The number of benzene rings is 2. The second-order valence-electron chi connectivity index (χ2n) is 5.92. The van der Waals surface area contributed by atoms with Crippen LogP contribution in [0.3, 0.4) is 0 Å². The fourth-order valence-electron chi connectivity index (χ4n) is 2.26. The van der Waals surface area contributed by atoms with Crippen LogP contribution in [0.1, 0.15) is 34.6 Å². The summed E-state index contributed by atoms with van der Waals surface area (Å²) < 4.78 is 19.1. The normalized spacial score (nSPS) is 10.4. The Kier molecular flexibility index (Phi) is 6.11. The first-order chi connectivity index (χ1) is 11.9. The third-order valence-corrected chi connectivity index (χ3v) is 3.51. The molecule has 2 N–H and O–H groups in total. The van der Waals surface area contributed by atoms with Crippen LogP contribution >= 0.6 is 0 Å². The summed E-state index contributed by atoms with van der Waals surface area (Å²) in [5.41, 5.74) is 0.410. The Morgan fingerprint density at radius 1 is 1.08 bits per heavy atom. The zero-order valence-electron chi connectivity index (χ0n) is 14.4. The molecule has 0 aromatic heterocycles. The number of carbonyl (C=O) groups is 2. The van der Waals surface area contributed by atoms with Gasteiger partial charge in [-0.15, -0.1) is 0 Å². The van der Waals surface area contributed by atoms with E-state index in [4.69, 9.17) is 4.74 Å². The third kappa shape index (κ3) is 4.56. The number of anilines is 1. The van der Waals surface area contributed by atoms with E-state index in [1.54, 1.807) is 24.3 Å². The molecule has 132 valence electrons. The molecule has 2 aromatic rings. The average Bonchev–Trinajstić information content (AvgIpc) is 2.59.